The molecule has 0 saturated carbocycles. The van der Waals surface area contributed by atoms with E-state index in [1.807, 2.05) is 0 Å². The third-order valence-corrected chi connectivity index (χ3v) is 4.80. The second-order valence-corrected chi connectivity index (χ2v) is 7.16. The Bertz CT molecular complexity index is 1190. The van der Waals surface area contributed by atoms with E-state index < -0.39 is 11.8 Å². The highest BCUT2D eigenvalue weighted by atomic mass is 16.5. The molecule has 0 aliphatic rings. The molecule has 9 nitrogen and oxygen atoms in total. The fourth-order valence-electron chi connectivity index (χ4n) is 3.18. The molecule has 4 N–H and O–H groups in total. The van der Waals surface area contributed by atoms with Gasteiger partial charge in [0.15, 0.2) is 18.1 Å². The fourth-order valence-corrected chi connectivity index (χ4v) is 3.18. The van der Waals surface area contributed by atoms with Crippen molar-refractivity contribution in [2.75, 3.05) is 31.5 Å². The van der Waals surface area contributed by atoms with Gasteiger partial charge < -0.3 is 30.6 Å². The molecule has 3 aromatic rings. The van der Waals surface area contributed by atoms with Crippen LogP contribution >= 0.6 is 0 Å². The minimum atomic E-state index is -0.500. The van der Waals surface area contributed by atoms with Crippen LogP contribution in [0.25, 0.3) is 0 Å². The van der Waals surface area contributed by atoms with Crippen molar-refractivity contribution in [1.82, 2.24) is 0 Å². The molecule has 0 fully saturated rings. The Balaban J connectivity index is 1.67. The molecule has 0 aromatic heterocycles. The largest absolute Gasteiger partial charge is 0.495 e. The van der Waals surface area contributed by atoms with Gasteiger partial charge in [-0.3, -0.25) is 14.4 Å². The molecule has 0 heterocycles. The van der Waals surface area contributed by atoms with E-state index in [0.29, 0.717) is 34.0 Å². The number of benzene rings is 3. The summed E-state index contributed by atoms with van der Waals surface area (Å²) in [5.74, 6) is -0.192. The molecule has 3 amide bonds. The van der Waals surface area contributed by atoms with E-state index in [0.717, 1.165) is 0 Å². The summed E-state index contributed by atoms with van der Waals surface area (Å²) in [5.41, 5.74) is 7.20. The average molecular weight is 463 g/mol. The molecule has 0 spiro atoms. The third-order valence-electron chi connectivity index (χ3n) is 4.80. The van der Waals surface area contributed by atoms with E-state index in [1.54, 1.807) is 60.7 Å². The quantitative estimate of drug-likeness (QED) is 0.424. The van der Waals surface area contributed by atoms with Gasteiger partial charge >= 0.3 is 0 Å². The lowest BCUT2D eigenvalue weighted by atomic mass is 10.1. The smallest absolute Gasteiger partial charge is 0.262 e. The van der Waals surface area contributed by atoms with Gasteiger partial charge in [-0.1, -0.05) is 30.3 Å². The number of carbonyl (C=O) groups excluding carboxylic acids is 3. The number of para-hydroxylation sites is 3. The van der Waals surface area contributed by atoms with E-state index in [1.165, 1.54) is 20.3 Å². The van der Waals surface area contributed by atoms with Gasteiger partial charge in [0.05, 0.1) is 26.3 Å². The number of amides is 3. The number of carbonyl (C=O) groups is 3. The molecule has 9 heteroatoms. The van der Waals surface area contributed by atoms with Crippen LogP contribution in [0.2, 0.25) is 0 Å². The van der Waals surface area contributed by atoms with Crippen LogP contribution in [-0.4, -0.2) is 38.5 Å². The Morgan fingerprint density at radius 1 is 0.794 bits per heavy atom. The van der Waals surface area contributed by atoms with Crippen LogP contribution in [0.5, 0.6) is 17.2 Å². The molecule has 3 aromatic carbocycles. The van der Waals surface area contributed by atoms with Gasteiger partial charge in [0.25, 0.3) is 11.8 Å². The second kappa shape index (κ2) is 11.4. The van der Waals surface area contributed by atoms with Crippen LogP contribution in [0, 0.1) is 0 Å². The first kappa shape index (κ1) is 24.1. The van der Waals surface area contributed by atoms with Crippen molar-refractivity contribution in [2.45, 2.75) is 6.42 Å². The van der Waals surface area contributed by atoms with Crippen molar-refractivity contribution in [2.24, 2.45) is 5.73 Å². The summed E-state index contributed by atoms with van der Waals surface area (Å²) >= 11 is 0. The topological polar surface area (TPSA) is 129 Å². The van der Waals surface area contributed by atoms with Crippen molar-refractivity contribution in [1.29, 1.82) is 0 Å². The molecule has 0 unspecified atom stereocenters. The standard InChI is InChI=1S/C25H25N3O6/c1-32-20-10-6-5-9-19(20)27-24(30)15-34-21-12-11-17(13-22(21)33-2)25(31)28-18-8-4-3-7-16(18)14-23(26)29/h3-13H,14-15H2,1-2H3,(H2,26,29)(H,27,30)(H,28,31). The average Bonchev–Trinajstić information content (AvgIpc) is 2.83. The van der Waals surface area contributed by atoms with Gasteiger partial charge in [-0.15, -0.1) is 0 Å². The predicted octanol–water partition coefficient (Wildman–Crippen LogP) is 3.00. The first-order chi connectivity index (χ1) is 16.4. The van der Waals surface area contributed by atoms with Crippen molar-refractivity contribution < 1.29 is 28.6 Å². The predicted molar refractivity (Wildman–Crippen MR) is 127 cm³/mol. The van der Waals surface area contributed by atoms with E-state index in [2.05, 4.69) is 10.6 Å². The molecular formula is C25H25N3O6. The first-order valence-corrected chi connectivity index (χ1v) is 10.3. The van der Waals surface area contributed by atoms with Crippen LogP contribution in [0.1, 0.15) is 15.9 Å². The molecular weight excluding hydrogens is 438 g/mol. The lowest BCUT2D eigenvalue weighted by Crippen LogP contribution is -2.21. The Labute approximate surface area is 196 Å². The number of nitrogens with two attached hydrogens (primary N) is 1. The number of hydrogen-bond donors (Lipinski definition) is 3. The molecule has 176 valence electrons. The maximum absolute atomic E-state index is 12.8. The highest BCUT2D eigenvalue weighted by Crippen LogP contribution is 2.29. The van der Waals surface area contributed by atoms with Crippen LogP contribution < -0.4 is 30.6 Å². The minimum Gasteiger partial charge on any atom is -0.495 e. The number of anilines is 2. The van der Waals surface area contributed by atoms with E-state index in [-0.39, 0.29) is 24.7 Å². The summed E-state index contributed by atoms with van der Waals surface area (Å²) in [6.07, 6.45) is 0.00344. The maximum Gasteiger partial charge on any atom is 0.262 e. The van der Waals surface area contributed by atoms with Crippen molar-refractivity contribution in [3.8, 4) is 17.2 Å². The summed E-state index contributed by atoms with van der Waals surface area (Å²) in [6.45, 7) is -0.277. The molecule has 0 atom stereocenters. The van der Waals surface area contributed by atoms with Gasteiger partial charge in [0.1, 0.15) is 5.75 Å². The number of nitrogens with one attached hydrogen (secondary N) is 2. The molecule has 3 rings (SSSR count). The Kier molecular flexibility index (Phi) is 8.07. The second-order valence-electron chi connectivity index (χ2n) is 7.16. The Hall–Kier alpha value is -4.53. The number of hydrogen-bond acceptors (Lipinski definition) is 6. The maximum atomic E-state index is 12.8. The summed E-state index contributed by atoms with van der Waals surface area (Å²) in [5, 5.41) is 5.49. The summed E-state index contributed by atoms with van der Waals surface area (Å²) in [4.78, 5) is 36.4. The van der Waals surface area contributed by atoms with Gasteiger partial charge in [0, 0.05) is 11.3 Å². The molecule has 0 saturated heterocycles. The molecule has 0 aliphatic heterocycles. The molecule has 34 heavy (non-hydrogen) atoms. The molecule has 0 radical (unpaired) electrons. The van der Waals surface area contributed by atoms with Crippen LogP contribution in [0.15, 0.2) is 66.7 Å². The van der Waals surface area contributed by atoms with Crippen molar-refractivity contribution in [3.63, 3.8) is 0 Å². The number of ether oxygens (including phenoxy) is 3. The highest BCUT2D eigenvalue weighted by Gasteiger charge is 2.15. The van der Waals surface area contributed by atoms with Crippen molar-refractivity contribution >= 4 is 29.1 Å². The minimum absolute atomic E-state index is 0.00344. The normalized spacial score (nSPS) is 10.2. The lowest BCUT2D eigenvalue weighted by molar-refractivity contribution is -0.118. The molecule has 0 bridgehead atoms. The number of primary amides is 1. The Morgan fingerprint density at radius 3 is 2.18 bits per heavy atom. The van der Waals surface area contributed by atoms with Crippen molar-refractivity contribution in [3.05, 3.63) is 77.9 Å². The summed E-state index contributed by atoms with van der Waals surface area (Å²) < 4.78 is 16.1. The van der Waals surface area contributed by atoms with Gasteiger partial charge in [0.2, 0.25) is 5.91 Å². The monoisotopic (exact) mass is 463 g/mol. The van der Waals surface area contributed by atoms with E-state index in [9.17, 15) is 14.4 Å². The third kappa shape index (κ3) is 6.26. The lowest BCUT2D eigenvalue weighted by Gasteiger charge is -2.14. The summed E-state index contributed by atoms with van der Waals surface area (Å²) in [7, 11) is 2.95. The van der Waals surface area contributed by atoms with Gasteiger partial charge in [-0.25, -0.2) is 0 Å². The highest BCUT2D eigenvalue weighted by molar-refractivity contribution is 6.05. The van der Waals surface area contributed by atoms with E-state index in [4.69, 9.17) is 19.9 Å². The summed E-state index contributed by atoms with van der Waals surface area (Å²) in [6, 6.07) is 18.5. The zero-order chi connectivity index (χ0) is 24.5. The molecule has 0 aliphatic carbocycles. The number of rotatable bonds is 10. The number of methoxy groups -OCH3 is 2. The Morgan fingerprint density at radius 2 is 1.47 bits per heavy atom. The van der Waals surface area contributed by atoms with Crippen LogP contribution in [0.4, 0.5) is 11.4 Å². The zero-order valence-electron chi connectivity index (χ0n) is 18.8. The fraction of sp³-hybridized carbons (Fsp3) is 0.160. The van der Waals surface area contributed by atoms with Gasteiger partial charge in [-0.05, 0) is 42.0 Å². The van der Waals surface area contributed by atoms with Crippen LogP contribution in [-0.2, 0) is 16.0 Å². The van der Waals surface area contributed by atoms with Crippen LogP contribution in [0.3, 0.4) is 0 Å². The first-order valence-electron chi connectivity index (χ1n) is 10.3. The zero-order valence-corrected chi connectivity index (χ0v) is 18.8. The van der Waals surface area contributed by atoms with E-state index >= 15 is 0 Å². The SMILES string of the molecule is COc1ccccc1NC(=O)COc1ccc(C(=O)Nc2ccccc2CC(N)=O)cc1OC. The van der Waals surface area contributed by atoms with Gasteiger partial charge in [-0.2, -0.15) is 0 Å².